The van der Waals surface area contributed by atoms with E-state index < -0.39 is 0 Å². The molecule has 1 fully saturated rings. The molecular formula is C16H17NO. The van der Waals surface area contributed by atoms with E-state index in [1.54, 1.807) is 0 Å². The molecule has 0 bridgehead atoms. The van der Waals surface area contributed by atoms with Crippen LogP contribution in [0, 0.1) is 0 Å². The molecule has 92 valence electrons. The lowest BCUT2D eigenvalue weighted by atomic mass is 9.89. The fraction of sp³-hybridized carbons (Fsp3) is 0.375. The lowest BCUT2D eigenvalue weighted by molar-refractivity contribution is 0.0685. The molecule has 1 N–H and O–H groups in total. The fourth-order valence-electron chi connectivity index (χ4n) is 3.26. The highest BCUT2D eigenvalue weighted by molar-refractivity contribution is 5.89. The lowest BCUT2D eigenvalue weighted by Crippen LogP contribution is -2.41. The molecule has 2 aromatic carbocycles. The molecule has 2 heteroatoms. The second kappa shape index (κ2) is 3.72. The van der Waals surface area contributed by atoms with Crippen molar-refractivity contribution < 1.29 is 4.74 Å². The minimum atomic E-state index is 0.0527. The zero-order chi connectivity index (χ0) is 12.0. The van der Waals surface area contributed by atoms with Crippen molar-refractivity contribution in [2.24, 2.45) is 0 Å². The maximum absolute atomic E-state index is 6.43. The molecule has 0 saturated carbocycles. The van der Waals surface area contributed by atoms with E-state index in [1.807, 2.05) is 0 Å². The Kier molecular flexibility index (Phi) is 2.15. The van der Waals surface area contributed by atoms with E-state index in [-0.39, 0.29) is 5.60 Å². The van der Waals surface area contributed by atoms with Gasteiger partial charge in [0, 0.05) is 18.4 Å². The summed E-state index contributed by atoms with van der Waals surface area (Å²) in [5, 5.41) is 5.98. The van der Waals surface area contributed by atoms with Gasteiger partial charge in [0.2, 0.25) is 0 Å². The van der Waals surface area contributed by atoms with Crippen LogP contribution in [0.1, 0.15) is 18.4 Å². The van der Waals surface area contributed by atoms with Crippen LogP contribution in [0.15, 0.2) is 36.4 Å². The van der Waals surface area contributed by atoms with Gasteiger partial charge in [-0.1, -0.05) is 36.4 Å². The number of hydrogen-bond acceptors (Lipinski definition) is 2. The molecule has 2 aliphatic heterocycles. The van der Waals surface area contributed by atoms with Crippen LogP contribution in [0.3, 0.4) is 0 Å². The third-order valence-corrected chi connectivity index (χ3v) is 4.33. The molecule has 0 amide bonds. The molecule has 1 atom stereocenters. The maximum Gasteiger partial charge on any atom is 0.131 e. The summed E-state index contributed by atoms with van der Waals surface area (Å²) in [6, 6.07) is 13.0. The number of benzene rings is 2. The number of nitrogens with one attached hydrogen (secondary N) is 1. The van der Waals surface area contributed by atoms with Gasteiger partial charge in [0.05, 0.1) is 0 Å². The Morgan fingerprint density at radius 3 is 2.89 bits per heavy atom. The Balaban J connectivity index is 1.88. The Morgan fingerprint density at radius 1 is 1.06 bits per heavy atom. The van der Waals surface area contributed by atoms with Crippen LogP contribution in [0.5, 0.6) is 5.75 Å². The first-order valence-electron chi connectivity index (χ1n) is 6.77. The zero-order valence-electron chi connectivity index (χ0n) is 10.4. The second-order valence-electron chi connectivity index (χ2n) is 5.49. The van der Waals surface area contributed by atoms with E-state index in [4.69, 9.17) is 4.74 Å². The first-order valence-corrected chi connectivity index (χ1v) is 6.77. The third kappa shape index (κ3) is 1.45. The maximum atomic E-state index is 6.43. The van der Waals surface area contributed by atoms with Crippen molar-refractivity contribution in [1.29, 1.82) is 0 Å². The predicted molar refractivity (Wildman–Crippen MR) is 73.1 cm³/mol. The minimum absolute atomic E-state index is 0.0527. The quantitative estimate of drug-likeness (QED) is 0.763. The van der Waals surface area contributed by atoms with Crippen molar-refractivity contribution in [3.63, 3.8) is 0 Å². The predicted octanol–water partition coefficient (Wildman–Crippen LogP) is 2.90. The molecule has 1 unspecified atom stereocenters. The van der Waals surface area contributed by atoms with E-state index in [1.165, 1.54) is 16.3 Å². The van der Waals surface area contributed by atoms with Gasteiger partial charge in [-0.25, -0.2) is 0 Å². The summed E-state index contributed by atoms with van der Waals surface area (Å²) in [6.45, 7) is 2.08. The van der Waals surface area contributed by atoms with Crippen molar-refractivity contribution in [1.82, 2.24) is 5.32 Å². The monoisotopic (exact) mass is 239 g/mol. The average Bonchev–Trinajstić information content (AvgIpc) is 2.87. The number of fused-ring (bicyclic) bond motifs is 3. The average molecular weight is 239 g/mol. The lowest BCUT2D eigenvalue weighted by Gasteiger charge is -2.35. The molecule has 18 heavy (non-hydrogen) atoms. The Bertz CT molecular complexity index is 599. The number of hydrogen-bond donors (Lipinski definition) is 1. The van der Waals surface area contributed by atoms with Crippen molar-refractivity contribution >= 4 is 10.8 Å². The van der Waals surface area contributed by atoms with Crippen molar-refractivity contribution in [3.05, 3.63) is 42.0 Å². The molecule has 1 spiro atoms. The Labute approximate surface area is 107 Å². The third-order valence-electron chi connectivity index (χ3n) is 4.33. The SMILES string of the molecule is c1ccc2c3c(ccc2c1)CCC1(CCNC1)O3. The topological polar surface area (TPSA) is 21.3 Å². The summed E-state index contributed by atoms with van der Waals surface area (Å²) in [5.74, 6) is 1.13. The van der Waals surface area contributed by atoms with E-state index >= 15 is 0 Å². The van der Waals surface area contributed by atoms with Gasteiger partial charge in [0.1, 0.15) is 11.4 Å². The first kappa shape index (κ1) is 10.4. The molecule has 0 aliphatic carbocycles. The normalized spacial score (nSPS) is 26.2. The van der Waals surface area contributed by atoms with Gasteiger partial charge in [-0.2, -0.15) is 0 Å². The number of aryl methyl sites for hydroxylation is 1. The standard InChI is InChI=1S/C16H17NO/c1-2-4-14-12(3-1)5-6-13-7-8-16(18-15(13)14)9-10-17-11-16/h1-6,17H,7-11H2. The van der Waals surface area contributed by atoms with Crippen molar-refractivity contribution in [2.45, 2.75) is 24.9 Å². The molecule has 1 saturated heterocycles. The van der Waals surface area contributed by atoms with Gasteiger partial charge in [-0.05, 0) is 30.3 Å². The largest absolute Gasteiger partial charge is 0.485 e. The molecule has 2 aromatic rings. The summed E-state index contributed by atoms with van der Waals surface area (Å²) in [5.41, 5.74) is 1.42. The highest BCUT2D eigenvalue weighted by atomic mass is 16.5. The van der Waals surface area contributed by atoms with Crippen LogP contribution in [0.4, 0.5) is 0 Å². The van der Waals surface area contributed by atoms with Gasteiger partial charge in [0.25, 0.3) is 0 Å². The van der Waals surface area contributed by atoms with Crippen molar-refractivity contribution in [3.8, 4) is 5.75 Å². The van der Waals surface area contributed by atoms with E-state index in [0.29, 0.717) is 0 Å². The number of ether oxygens (including phenoxy) is 1. The summed E-state index contributed by atoms with van der Waals surface area (Å²) >= 11 is 0. The molecule has 4 rings (SSSR count). The summed E-state index contributed by atoms with van der Waals surface area (Å²) in [4.78, 5) is 0. The summed E-state index contributed by atoms with van der Waals surface area (Å²) in [6.07, 6.45) is 3.42. The summed E-state index contributed by atoms with van der Waals surface area (Å²) in [7, 11) is 0. The van der Waals surface area contributed by atoms with Crippen LogP contribution in [-0.4, -0.2) is 18.7 Å². The van der Waals surface area contributed by atoms with E-state index in [2.05, 4.69) is 41.7 Å². The highest BCUT2D eigenvalue weighted by Gasteiger charge is 2.39. The Hall–Kier alpha value is -1.54. The molecule has 0 aromatic heterocycles. The van der Waals surface area contributed by atoms with Crippen molar-refractivity contribution in [2.75, 3.05) is 13.1 Å². The van der Waals surface area contributed by atoms with E-state index in [0.717, 1.165) is 38.1 Å². The van der Waals surface area contributed by atoms with Gasteiger partial charge in [0.15, 0.2) is 0 Å². The Morgan fingerprint density at radius 2 is 2.00 bits per heavy atom. The van der Waals surface area contributed by atoms with Crippen LogP contribution in [-0.2, 0) is 6.42 Å². The van der Waals surface area contributed by atoms with Crippen LogP contribution in [0.25, 0.3) is 10.8 Å². The second-order valence-corrected chi connectivity index (χ2v) is 5.49. The highest BCUT2D eigenvalue weighted by Crippen LogP contribution is 2.40. The van der Waals surface area contributed by atoms with Gasteiger partial charge in [-0.15, -0.1) is 0 Å². The van der Waals surface area contributed by atoms with Crippen LogP contribution < -0.4 is 10.1 Å². The molecular weight excluding hydrogens is 222 g/mol. The first-order chi connectivity index (χ1) is 8.86. The van der Waals surface area contributed by atoms with E-state index in [9.17, 15) is 0 Å². The minimum Gasteiger partial charge on any atom is -0.485 e. The zero-order valence-corrected chi connectivity index (χ0v) is 10.4. The smallest absolute Gasteiger partial charge is 0.131 e. The van der Waals surface area contributed by atoms with Crippen LogP contribution >= 0.6 is 0 Å². The summed E-state index contributed by atoms with van der Waals surface area (Å²) < 4.78 is 6.43. The molecule has 0 radical (unpaired) electrons. The van der Waals surface area contributed by atoms with Gasteiger partial charge in [-0.3, -0.25) is 0 Å². The molecule has 2 nitrogen and oxygen atoms in total. The molecule has 2 heterocycles. The van der Waals surface area contributed by atoms with Crippen LogP contribution in [0.2, 0.25) is 0 Å². The molecule has 2 aliphatic rings. The van der Waals surface area contributed by atoms with Gasteiger partial charge < -0.3 is 10.1 Å². The number of rotatable bonds is 0. The fourth-order valence-corrected chi connectivity index (χ4v) is 3.26. The van der Waals surface area contributed by atoms with Gasteiger partial charge >= 0.3 is 0 Å².